The van der Waals surface area contributed by atoms with E-state index in [9.17, 15) is 23.2 Å². The number of amides is 3. The van der Waals surface area contributed by atoms with Crippen LogP contribution in [0.3, 0.4) is 0 Å². The molecule has 0 aliphatic carbocycles. The summed E-state index contributed by atoms with van der Waals surface area (Å²) in [4.78, 5) is 40.4. The topological polar surface area (TPSA) is 81.8 Å². The number of piperidine rings is 2. The van der Waals surface area contributed by atoms with Gasteiger partial charge < -0.3 is 10.2 Å². The lowest BCUT2D eigenvalue weighted by Crippen LogP contribution is -2.52. The number of fused-ring (bicyclic) bond motifs is 1. The molecule has 9 heteroatoms. The second-order valence-corrected chi connectivity index (χ2v) is 8.22. The van der Waals surface area contributed by atoms with E-state index in [0.717, 1.165) is 30.5 Å². The molecule has 3 heterocycles. The highest BCUT2D eigenvalue weighted by Gasteiger charge is 2.39. The van der Waals surface area contributed by atoms with Gasteiger partial charge in [-0.15, -0.1) is 0 Å². The lowest BCUT2D eigenvalue weighted by atomic mass is 10.0. The van der Waals surface area contributed by atoms with E-state index in [0.29, 0.717) is 31.6 Å². The summed E-state index contributed by atoms with van der Waals surface area (Å²) in [5, 5.41) is 5.25. The van der Waals surface area contributed by atoms with Gasteiger partial charge in [-0.25, -0.2) is 8.78 Å². The minimum Gasteiger partial charge on any atom is -0.322 e. The van der Waals surface area contributed by atoms with Crippen molar-refractivity contribution >= 4 is 17.7 Å². The third-order valence-corrected chi connectivity index (χ3v) is 6.14. The summed E-state index contributed by atoms with van der Waals surface area (Å²) in [5.74, 6) is -0.907. The average Bonchev–Trinajstić information content (AvgIpc) is 3.04. The van der Waals surface area contributed by atoms with E-state index < -0.39 is 18.4 Å². The highest BCUT2D eigenvalue weighted by Crippen LogP contribution is 2.30. The van der Waals surface area contributed by atoms with Gasteiger partial charge in [0.05, 0.1) is 6.54 Å². The van der Waals surface area contributed by atoms with Crippen LogP contribution < -0.4 is 10.6 Å². The van der Waals surface area contributed by atoms with Gasteiger partial charge in [-0.05, 0) is 43.0 Å². The lowest BCUT2D eigenvalue weighted by molar-refractivity contribution is -0.136. The Morgan fingerprint density at radius 1 is 1.20 bits per heavy atom. The molecule has 4 rings (SSSR count). The second kappa shape index (κ2) is 8.77. The van der Waals surface area contributed by atoms with Gasteiger partial charge in [-0.1, -0.05) is 12.1 Å². The number of carbonyl (C=O) groups excluding carboxylic acids is 3. The molecule has 0 bridgehead atoms. The number of carbonyl (C=O) groups is 3. The van der Waals surface area contributed by atoms with E-state index in [4.69, 9.17) is 0 Å². The molecule has 1 aromatic rings. The van der Waals surface area contributed by atoms with Gasteiger partial charge in [0.15, 0.2) is 0 Å². The zero-order valence-corrected chi connectivity index (χ0v) is 16.7. The Hall–Kier alpha value is -2.39. The first-order valence-electron chi connectivity index (χ1n) is 10.4. The molecule has 2 unspecified atom stereocenters. The number of nitrogens with zero attached hydrogens (tertiary/aromatic N) is 2. The van der Waals surface area contributed by atoms with Crippen LogP contribution in [0, 0.1) is 0 Å². The van der Waals surface area contributed by atoms with E-state index in [1.165, 1.54) is 0 Å². The molecule has 3 aliphatic heterocycles. The molecule has 3 aliphatic rings. The van der Waals surface area contributed by atoms with Crippen molar-refractivity contribution in [2.24, 2.45) is 0 Å². The number of alkyl halides is 2. The van der Waals surface area contributed by atoms with Crippen LogP contribution in [0.15, 0.2) is 18.2 Å². The first-order valence-corrected chi connectivity index (χ1v) is 10.4. The lowest BCUT2D eigenvalue weighted by Gasteiger charge is -2.33. The summed E-state index contributed by atoms with van der Waals surface area (Å²) in [6.07, 6.45) is 0.00454. The van der Waals surface area contributed by atoms with Crippen molar-refractivity contribution in [2.45, 2.75) is 57.3 Å². The minimum absolute atomic E-state index is 0.0334. The van der Waals surface area contributed by atoms with Crippen molar-refractivity contribution in [2.75, 3.05) is 19.6 Å². The fourth-order valence-corrected chi connectivity index (χ4v) is 4.66. The molecule has 0 saturated carbocycles. The first-order chi connectivity index (χ1) is 14.4. The van der Waals surface area contributed by atoms with Crippen LogP contribution in [0.5, 0.6) is 0 Å². The Morgan fingerprint density at radius 2 is 2.03 bits per heavy atom. The number of benzene rings is 1. The van der Waals surface area contributed by atoms with Gasteiger partial charge in [-0.3, -0.25) is 24.6 Å². The maximum Gasteiger partial charge on any atom is 0.255 e. The number of nitrogens with one attached hydrogen (secondary N) is 2. The first kappa shape index (κ1) is 20.9. The van der Waals surface area contributed by atoms with Gasteiger partial charge in [0, 0.05) is 37.7 Å². The van der Waals surface area contributed by atoms with Crippen molar-refractivity contribution < 1.29 is 23.2 Å². The SMILES string of the molecule is O=C1CCC(N2Cc3c(CN4CCCC(NCC(F)F)C4)cccc3C2=O)C(=O)N1. The Bertz CT molecular complexity index is 848. The Kier molecular flexibility index (Phi) is 6.10. The molecule has 2 fully saturated rings. The summed E-state index contributed by atoms with van der Waals surface area (Å²) >= 11 is 0. The van der Waals surface area contributed by atoms with E-state index >= 15 is 0 Å². The standard InChI is InChI=1S/C21H26F2N4O3/c22-18(23)9-24-14-4-2-8-26(11-14)10-13-3-1-5-15-16(13)12-27(21(15)30)17-6-7-19(28)25-20(17)29/h1,3,5,14,17-18,24H,2,4,6-12H2,(H,25,28,29). The number of halogens is 2. The van der Waals surface area contributed by atoms with Crippen LogP contribution >= 0.6 is 0 Å². The van der Waals surface area contributed by atoms with Gasteiger partial charge in [0.1, 0.15) is 6.04 Å². The van der Waals surface area contributed by atoms with Crippen molar-refractivity contribution in [3.63, 3.8) is 0 Å². The Balaban J connectivity index is 1.45. The third-order valence-electron chi connectivity index (χ3n) is 6.14. The molecule has 3 amide bonds. The molecule has 162 valence electrons. The summed E-state index contributed by atoms with van der Waals surface area (Å²) in [5.41, 5.74) is 2.53. The molecule has 0 radical (unpaired) electrons. The van der Waals surface area contributed by atoms with Crippen LogP contribution in [0.1, 0.15) is 47.2 Å². The fraction of sp³-hybridized carbons (Fsp3) is 0.571. The predicted octanol–water partition coefficient (Wildman–Crippen LogP) is 1.27. The largest absolute Gasteiger partial charge is 0.322 e. The van der Waals surface area contributed by atoms with Crippen molar-refractivity contribution in [1.82, 2.24) is 20.4 Å². The predicted molar refractivity (Wildman–Crippen MR) is 105 cm³/mol. The number of rotatable bonds is 6. The molecular formula is C21H26F2N4O3. The Labute approximate surface area is 173 Å². The maximum atomic E-state index is 12.9. The number of hydrogen-bond acceptors (Lipinski definition) is 5. The maximum absolute atomic E-state index is 12.9. The molecule has 7 nitrogen and oxygen atoms in total. The van der Waals surface area contributed by atoms with Gasteiger partial charge in [0.2, 0.25) is 11.8 Å². The van der Waals surface area contributed by atoms with Crippen LogP contribution in [0.4, 0.5) is 8.78 Å². The van der Waals surface area contributed by atoms with Crippen molar-refractivity contribution in [3.05, 3.63) is 34.9 Å². The molecule has 2 saturated heterocycles. The van der Waals surface area contributed by atoms with Gasteiger partial charge in [0.25, 0.3) is 12.3 Å². The molecule has 0 aromatic heterocycles. The van der Waals surface area contributed by atoms with Crippen LogP contribution in [0.25, 0.3) is 0 Å². The summed E-state index contributed by atoms with van der Waals surface area (Å²) in [7, 11) is 0. The van der Waals surface area contributed by atoms with Crippen molar-refractivity contribution in [3.8, 4) is 0 Å². The minimum atomic E-state index is -2.36. The quantitative estimate of drug-likeness (QED) is 0.678. The summed E-state index contributed by atoms with van der Waals surface area (Å²) in [6.45, 7) is 2.24. The van der Waals surface area contributed by atoms with E-state index in [-0.39, 0.29) is 30.8 Å². The summed E-state index contributed by atoms with van der Waals surface area (Å²) < 4.78 is 25.0. The smallest absolute Gasteiger partial charge is 0.255 e. The van der Waals surface area contributed by atoms with E-state index in [2.05, 4.69) is 15.5 Å². The molecular weight excluding hydrogens is 394 g/mol. The van der Waals surface area contributed by atoms with E-state index in [1.807, 2.05) is 12.1 Å². The van der Waals surface area contributed by atoms with Crippen LogP contribution in [-0.4, -0.2) is 65.7 Å². The van der Waals surface area contributed by atoms with Crippen molar-refractivity contribution in [1.29, 1.82) is 0 Å². The molecule has 30 heavy (non-hydrogen) atoms. The zero-order valence-electron chi connectivity index (χ0n) is 16.7. The Morgan fingerprint density at radius 3 is 2.80 bits per heavy atom. The average molecular weight is 420 g/mol. The normalized spacial score (nSPS) is 25.0. The highest BCUT2D eigenvalue weighted by molar-refractivity contribution is 6.05. The van der Waals surface area contributed by atoms with Crippen LogP contribution in [-0.2, 0) is 22.7 Å². The monoisotopic (exact) mass is 420 g/mol. The number of hydrogen-bond donors (Lipinski definition) is 2. The highest BCUT2D eigenvalue weighted by atomic mass is 19.3. The van der Waals surface area contributed by atoms with Gasteiger partial charge in [-0.2, -0.15) is 0 Å². The number of imide groups is 1. The summed E-state index contributed by atoms with van der Waals surface area (Å²) in [6, 6.07) is 5.00. The third kappa shape index (κ3) is 4.37. The van der Waals surface area contributed by atoms with E-state index in [1.54, 1.807) is 11.0 Å². The molecule has 0 spiro atoms. The molecule has 2 atom stereocenters. The number of likely N-dealkylation sites (tertiary alicyclic amines) is 1. The fourth-order valence-electron chi connectivity index (χ4n) is 4.66. The molecule has 1 aromatic carbocycles. The van der Waals surface area contributed by atoms with Crippen LogP contribution in [0.2, 0.25) is 0 Å². The zero-order chi connectivity index (χ0) is 21.3. The van der Waals surface area contributed by atoms with Gasteiger partial charge >= 0.3 is 0 Å². The molecule has 2 N–H and O–H groups in total. The second-order valence-electron chi connectivity index (χ2n) is 8.22.